The van der Waals surface area contributed by atoms with Crippen LogP contribution in [0, 0.1) is 0 Å². The van der Waals surface area contributed by atoms with Crippen molar-refractivity contribution in [2.24, 2.45) is 0 Å². The highest BCUT2D eigenvalue weighted by molar-refractivity contribution is 5.15. The zero-order chi connectivity index (χ0) is 16.3. The van der Waals surface area contributed by atoms with E-state index in [0.717, 1.165) is 6.54 Å². The predicted octanol–water partition coefficient (Wildman–Crippen LogP) is 5.76. The molecule has 2 nitrogen and oxygen atoms in total. The second kappa shape index (κ2) is 10.4. The van der Waals surface area contributed by atoms with Crippen molar-refractivity contribution < 1.29 is 0 Å². The average molecular weight is 315 g/mol. The molecular weight excluding hydrogens is 280 g/mol. The summed E-state index contributed by atoms with van der Waals surface area (Å²) in [5.74, 6) is 0. The summed E-state index contributed by atoms with van der Waals surface area (Å²) in [7, 11) is 0. The molecule has 0 aromatic heterocycles. The molecule has 23 heavy (non-hydrogen) atoms. The Morgan fingerprint density at radius 2 is 1.48 bits per heavy atom. The van der Waals surface area contributed by atoms with Gasteiger partial charge in [0.2, 0.25) is 0 Å². The van der Waals surface area contributed by atoms with E-state index >= 15 is 0 Å². The number of hydrogen-bond donors (Lipinski definition) is 0. The number of nitrogens with zero attached hydrogens (tertiary/aromatic N) is 2. The molecule has 0 saturated carbocycles. The summed E-state index contributed by atoms with van der Waals surface area (Å²) in [5.41, 5.74) is 1.41. The van der Waals surface area contributed by atoms with Gasteiger partial charge >= 0.3 is 0 Å². The minimum absolute atomic E-state index is 0.559. The minimum Gasteiger partial charge on any atom is -0.356 e. The van der Waals surface area contributed by atoms with E-state index < -0.39 is 0 Å². The molecule has 1 aromatic carbocycles. The first kappa shape index (κ1) is 17.9. The van der Waals surface area contributed by atoms with Gasteiger partial charge in [0.1, 0.15) is 6.17 Å². The number of rotatable bonds is 11. The molecule has 2 heteroatoms. The molecule has 0 bridgehead atoms. The Morgan fingerprint density at radius 1 is 0.783 bits per heavy atom. The molecular formula is C21H34N2. The Hall–Kier alpha value is -1.44. The van der Waals surface area contributed by atoms with Gasteiger partial charge in [-0.2, -0.15) is 0 Å². The van der Waals surface area contributed by atoms with Crippen LogP contribution in [0.4, 0.5) is 0 Å². The molecule has 0 radical (unpaired) electrons. The molecule has 0 aliphatic carbocycles. The maximum atomic E-state index is 2.56. The van der Waals surface area contributed by atoms with Gasteiger partial charge in [0.25, 0.3) is 0 Å². The molecule has 0 amide bonds. The molecule has 2 rings (SSSR count). The second-order valence-electron chi connectivity index (χ2n) is 6.73. The summed E-state index contributed by atoms with van der Waals surface area (Å²) < 4.78 is 0. The molecule has 0 saturated heterocycles. The molecule has 1 aliphatic heterocycles. The highest BCUT2D eigenvalue weighted by Crippen LogP contribution is 2.24. The molecule has 1 heterocycles. The summed E-state index contributed by atoms with van der Waals surface area (Å²) >= 11 is 0. The lowest BCUT2D eigenvalue weighted by Gasteiger charge is -2.33. The Labute approximate surface area is 143 Å². The fraction of sp³-hybridized carbons (Fsp3) is 0.619. The molecule has 0 spiro atoms. The van der Waals surface area contributed by atoms with Crippen molar-refractivity contribution in [1.29, 1.82) is 0 Å². The van der Waals surface area contributed by atoms with Gasteiger partial charge in [0.15, 0.2) is 0 Å². The summed E-state index contributed by atoms with van der Waals surface area (Å²) in [5, 5.41) is 0. The monoisotopic (exact) mass is 314 g/mol. The molecule has 0 fully saturated rings. The molecule has 1 aliphatic rings. The van der Waals surface area contributed by atoms with Crippen molar-refractivity contribution in [2.45, 2.75) is 77.9 Å². The SMILES string of the molecule is CCCCCCCC1N(CCCC)C=CN1Cc1ccccc1. The molecule has 128 valence electrons. The molecule has 1 unspecified atom stereocenters. The van der Waals surface area contributed by atoms with Crippen LogP contribution in [0.1, 0.15) is 70.8 Å². The van der Waals surface area contributed by atoms with Crippen LogP contribution in [0.5, 0.6) is 0 Å². The third-order valence-electron chi connectivity index (χ3n) is 4.76. The number of benzene rings is 1. The minimum atomic E-state index is 0.559. The van der Waals surface area contributed by atoms with Crippen molar-refractivity contribution in [3.63, 3.8) is 0 Å². The van der Waals surface area contributed by atoms with Gasteiger partial charge in [-0.15, -0.1) is 0 Å². The topological polar surface area (TPSA) is 6.48 Å². The first-order valence-corrected chi connectivity index (χ1v) is 9.59. The zero-order valence-electron chi connectivity index (χ0n) is 15.1. The maximum absolute atomic E-state index is 2.56. The lowest BCUT2D eigenvalue weighted by molar-refractivity contribution is 0.132. The van der Waals surface area contributed by atoms with Crippen LogP contribution in [0.3, 0.4) is 0 Å². The largest absolute Gasteiger partial charge is 0.356 e. The lowest BCUT2D eigenvalue weighted by atomic mass is 10.1. The third kappa shape index (κ3) is 5.93. The normalized spacial score (nSPS) is 17.2. The van der Waals surface area contributed by atoms with Crippen LogP contribution in [-0.2, 0) is 6.54 Å². The van der Waals surface area contributed by atoms with Crippen molar-refractivity contribution in [2.75, 3.05) is 6.54 Å². The summed E-state index contributed by atoms with van der Waals surface area (Å²) in [6, 6.07) is 10.9. The van der Waals surface area contributed by atoms with Crippen LogP contribution in [-0.4, -0.2) is 22.5 Å². The summed E-state index contributed by atoms with van der Waals surface area (Å²) in [6.45, 7) is 6.79. The first-order chi connectivity index (χ1) is 11.3. The fourth-order valence-corrected chi connectivity index (χ4v) is 3.34. The van der Waals surface area contributed by atoms with Crippen LogP contribution < -0.4 is 0 Å². The van der Waals surface area contributed by atoms with E-state index in [2.05, 4.69) is 66.4 Å². The van der Waals surface area contributed by atoms with E-state index in [1.54, 1.807) is 0 Å². The predicted molar refractivity (Wildman–Crippen MR) is 99.9 cm³/mol. The quantitative estimate of drug-likeness (QED) is 0.479. The van der Waals surface area contributed by atoms with E-state index in [4.69, 9.17) is 0 Å². The van der Waals surface area contributed by atoms with Crippen molar-refractivity contribution >= 4 is 0 Å². The van der Waals surface area contributed by atoms with Gasteiger partial charge in [0.05, 0.1) is 0 Å². The third-order valence-corrected chi connectivity index (χ3v) is 4.76. The summed E-state index contributed by atoms with van der Waals surface area (Å²) in [4.78, 5) is 5.09. The smallest absolute Gasteiger partial charge is 0.101 e. The standard InChI is InChI=1S/C21H34N2/c1-3-5-7-8-12-15-21-22(16-6-4-2)17-18-23(21)19-20-13-10-9-11-14-20/h9-11,13-14,17-18,21H,3-8,12,15-16,19H2,1-2H3. The van der Waals surface area contributed by atoms with E-state index in [0.29, 0.717) is 6.17 Å². The van der Waals surface area contributed by atoms with E-state index in [1.807, 2.05) is 0 Å². The number of unbranched alkanes of at least 4 members (excludes halogenated alkanes) is 5. The summed E-state index contributed by atoms with van der Waals surface area (Å²) in [6.07, 6.45) is 15.9. The van der Waals surface area contributed by atoms with Gasteiger partial charge in [-0.1, -0.05) is 76.3 Å². The Kier molecular flexibility index (Phi) is 8.06. The van der Waals surface area contributed by atoms with Gasteiger partial charge in [0, 0.05) is 25.5 Å². The van der Waals surface area contributed by atoms with Gasteiger partial charge in [-0.3, -0.25) is 0 Å². The Morgan fingerprint density at radius 3 is 2.22 bits per heavy atom. The fourth-order valence-electron chi connectivity index (χ4n) is 3.34. The molecule has 0 N–H and O–H groups in total. The van der Waals surface area contributed by atoms with E-state index in [-0.39, 0.29) is 0 Å². The average Bonchev–Trinajstić information content (AvgIpc) is 2.95. The van der Waals surface area contributed by atoms with Crippen LogP contribution in [0.25, 0.3) is 0 Å². The van der Waals surface area contributed by atoms with Crippen molar-refractivity contribution in [1.82, 2.24) is 9.80 Å². The van der Waals surface area contributed by atoms with Gasteiger partial charge < -0.3 is 9.80 Å². The Bertz CT molecular complexity index is 440. The van der Waals surface area contributed by atoms with Gasteiger partial charge in [-0.05, 0) is 24.8 Å². The molecule has 1 aromatic rings. The van der Waals surface area contributed by atoms with Crippen LogP contribution >= 0.6 is 0 Å². The highest BCUT2D eigenvalue weighted by atomic mass is 15.4. The van der Waals surface area contributed by atoms with Crippen LogP contribution in [0.2, 0.25) is 0 Å². The maximum Gasteiger partial charge on any atom is 0.101 e. The van der Waals surface area contributed by atoms with Crippen molar-refractivity contribution in [3.05, 3.63) is 48.3 Å². The first-order valence-electron chi connectivity index (χ1n) is 9.59. The number of hydrogen-bond acceptors (Lipinski definition) is 2. The van der Waals surface area contributed by atoms with E-state index in [1.165, 1.54) is 63.5 Å². The van der Waals surface area contributed by atoms with Gasteiger partial charge in [-0.25, -0.2) is 0 Å². The lowest BCUT2D eigenvalue weighted by Crippen LogP contribution is -2.38. The second-order valence-corrected chi connectivity index (χ2v) is 6.73. The zero-order valence-corrected chi connectivity index (χ0v) is 15.1. The van der Waals surface area contributed by atoms with Crippen LogP contribution in [0.15, 0.2) is 42.7 Å². The van der Waals surface area contributed by atoms with Crippen molar-refractivity contribution in [3.8, 4) is 0 Å². The Balaban J connectivity index is 1.88. The highest BCUT2D eigenvalue weighted by Gasteiger charge is 2.25. The molecule has 1 atom stereocenters. The van der Waals surface area contributed by atoms with E-state index in [9.17, 15) is 0 Å².